The van der Waals surface area contributed by atoms with E-state index in [-0.39, 0.29) is 29.8 Å². The molecule has 1 aromatic heterocycles. The van der Waals surface area contributed by atoms with Gasteiger partial charge in [-0.25, -0.2) is 13.8 Å². The van der Waals surface area contributed by atoms with E-state index in [4.69, 9.17) is 39.2 Å². The van der Waals surface area contributed by atoms with Crippen molar-refractivity contribution >= 4 is 62.9 Å². The van der Waals surface area contributed by atoms with Crippen molar-refractivity contribution in [2.75, 3.05) is 0 Å². The van der Waals surface area contributed by atoms with Crippen molar-refractivity contribution in [3.63, 3.8) is 0 Å². The summed E-state index contributed by atoms with van der Waals surface area (Å²) in [5, 5.41) is 7.19. The van der Waals surface area contributed by atoms with Gasteiger partial charge in [0.2, 0.25) is 10.0 Å². The first-order chi connectivity index (χ1) is 17.5. The fraction of sp³-hybridized carbons (Fsp3) is 0.208. The van der Waals surface area contributed by atoms with Gasteiger partial charge in [0.25, 0.3) is 0 Å². The van der Waals surface area contributed by atoms with Crippen molar-refractivity contribution in [1.29, 1.82) is 0 Å². The van der Waals surface area contributed by atoms with E-state index in [9.17, 15) is 18.0 Å². The van der Waals surface area contributed by atoms with Crippen LogP contribution in [0.25, 0.3) is 0 Å². The number of sulfonamides is 1. The van der Waals surface area contributed by atoms with Crippen LogP contribution in [0.3, 0.4) is 0 Å². The molecular formula is C24H23Cl3N4O5S. The molecule has 0 saturated carbocycles. The van der Waals surface area contributed by atoms with Crippen LogP contribution in [0.1, 0.15) is 30.9 Å². The molecule has 0 fully saturated rings. The standard InChI is InChI=1S/C24H23Cl3N4O5S/c1-15(2)29-23(32)24(33)30-28-12-18-6-7-19(36-18)14-31(13-16-3-10-21(26)22(27)11-16)37(34,35)20-8-4-17(25)5-9-20/h3-12,15H,13-14H2,1-2H3,(H,29,32)(H,30,33)/b28-12+. The maximum atomic E-state index is 13.5. The zero-order chi connectivity index (χ0) is 27.2. The van der Waals surface area contributed by atoms with E-state index in [2.05, 4.69) is 15.8 Å². The van der Waals surface area contributed by atoms with Crippen molar-refractivity contribution in [2.24, 2.45) is 5.10 Å². The minimum Gasteiger partial charge on any atom is -0.459 e. The molecule has 0 saturated heterocycles. The van der Waals surface area contributed by atoms with Gasteiger partial charge in [-0.15, -0.1) is 0 Å². The normalized spacial score (nSPS) is 11.9. The number of carbonyl (C=O) groups excluding carboxylic acids is 2. The monoisotopic (exact) mass is 584 g/mol. The van der Waals surface area contributed by atoms with E-state index in [1.807, 2.05) is 0 Å². The van der Waals surface area contributed by atoms with Crippen LogP contribution < -0.4 is 10.7 Å². The van der Waals surface area contributed by atoms with Gasteiger partial charge in [-0.05, 0) is 67.9 Å². The summed E-state index contributed by atoms with van der Waals surface area (Å²) < 4.78 is 33.8. The maximum Gasteiger partial charge on any atom is 0.329 e. The number of furan rings is 1. The first kappa shape index (κ1) is 28.7. The van der Waals surface area contributed by atoms with E-state index in [1.165, 1.54) is 34.8 Å². The Kier molecular flexibility index (Phi) is 9.74. The molecule has 196 valence electrons. The Bertz CT molecular complexity index is 1410. The number of halogens is 3. The lowest BCUT2D eigenvalue weighted by Gasteiger charge is -2.22. The van der Waals surface area contributed by atoms with Crippen molar-refractivity contribution in [3.8, 4) is 0 Å². The lowest BCUT2D eigenvalue weighted by atomic mass is 10.2. The summed E-state index contributed by atoms with van der Waals surface area (Å²) in [7, 11) is -3.97. The zero-order valence-corrected chi connectivity index (χ0v) is 22.8. The van der Waals surface area contributed by atoms with Crippen LogP contribution in [0.5, 0.6) is 0 Å². The lowest BCUT2D eigenvalue weighted by molar-refractivity contribution is -0.139. The van der Waals surface area contributed by atoms with E-state index in [1.54, 1.807) is 44.2 Å². The fourth-order valence-electron chi connectivity index (χ4n) is 3.08. The summed E-state index contributed by atoms with van der Waals surface area (Å²) in [5.41, 5.74) is 2.71. The van der Waals surface area contributed by atoms with E-state index in [0.29, 0.717) is 26.4 Å². The highest BCUT2D eigenvalue weighted by Crippen LogP contribution is 2.27. The number of nitrogens with one attached hydrogen (secondary N) is 2. The average molecular weight is 586 g/mol. The van der Waals surface area contributed by atoms with Gasteiger partial charge >= 0.3 is 11.8 Å². The predicted octanol–water partition coefficient (Wildman–Crippen LogP) is 4.61. The molecule has 0 atom stereocenters. The van der Waals surface area contributed by atoms with E-state index in [0.717, 1.165) is 0 Å². The molecular weight excluding hydrogens is 563 g/mol. The van der Waals surface area contributed by atoms with Gasteiger partial charge in [0, 0.05) is 17.6 Å². The summed E-state index contributed by atoms with van der Waals surface area (Å²) in [6, 6.07) is 13.6. The molecule has 2 aromatic carbocycles. The summed E-state index contributed by atoms with van der Waals surface area (Å²) >= 11 is 18.0. The second-order valence-corrected chi connectivity index (χ2v) is 11.3. The van der Waals surface area contributed by atoms with Crippen molar-refractivity contribution in [1.82, 2.24) is 15.0 Å². The molecule has 2 amide bonds. The fourth-order valence-corrected chi connectivity index (χ4v) is 4.92. The van der Waals surface area contributed by atoms with Crippen molar-refractivity contribution in [2.45, 2.75) is 37.9 Å². The van der Waals surface area contributed by atoms with E-state index < -0.39 is 21.8 Å². The van der Waals surface area contributed by atoms with Crippen molar-refractivity contribution in [3.05, 3.63) is 86.7 Å². The molecule has 0 unspecified atom stereocenters. The third-order valence-electron chi connectivity index (χ3n) is 4.79. The van der Waals surface area contributed by atoms with Gasteiger partial charge in [-0.3, -0.25) is 9.59 Å². The molecule has 0 spiro atoms. The van der Waals surface area contributed by atoms with Crippen LogP contribution in [0.15, 0.2) is 69.0 Å². The molecule has 2 N–H and O–H groups in total. The minimum atomic E-state index is -3.97. The zero-order valence-electron chi connectivity index (χ0n) is 19.7. The third-order valence-corrected chi connectivity index (χ3v) is 7.59. The van der Waals surface area contributed by atoms with Crippen LogP contribution in [-0.2, 0) is 32.7 Å². The predicted molar refractivity (Wildman–Crippen MR) is 142 cm³/mol. The van der Waals surface area contributed by atoms with Gasteiger partial charge in [0.1, 0.15) is 11.5 Å². The van der Waals surface area contributed by atoms with Crippen LogP contribution >= 0.6 is 34.8 Å². The van der Waals surface area contributed by atoms with Crippen molar-refractivity contribution < 1.29 is 22.4 Å². The maximum absolute atomic E-state index is 13.5. The number of carbonyl (C=O) groups is 2. The van der Waals surface area contributed by atoms with Crippen LogP contribution in [0.4, 0.5) is 0 Å². The molecule has 37 heavy (non-hydrogen) atoms. The largest absolute Gasteiger partial charge is 0.459 e. The highest BCUT2D eigenvalue weighted by atomic mass is 35.5. The number of nitrogens with zero attached hydrogens (tertiary/aromatic N) is 2. The number of rotatable bonds is 9. The highest BCUT2D eigenvalue weighted by molar-refractivity contribution is 7.89. The average Bonchev–Trinajstić information content (AvgIpc) is 3.28. The Morgan fingerprint density at radius 3 is 2.32 bits per heavy atom. The molecule has 0 aliphatic rings. The van der Waals surface area contributed by atoms with Gasteiger partial charge in [-0.2, -0.15) is 9.41 Å². The molecule has 0 aliphatic heterocycles. The molecule has 9 nitrogen and oxygen atoms in total. The Morgan fingerprint density at radius 1 is 0.973 bits per heavy atom. The highest BCUT2D eigenvalue weighted by Gasteiger charge is 2.26. The Hall–Kier alpha value is -2.89. The number of hydrogen-bond donors (Lipinski definition) is 2. The summed E-state index contributed by atoms with van der Waals surface area (Å²) in [5.74, 6) is -1.21. The quantitative estimate of drug-likeness (QED) is 0.216. The molecule has 1 heterocycles. The summed E-state index contributed by atoms with van der Waals surface area (Å²) in [4.78, 5) is 23.4. The number of hydrogen-bond acceptors (Lipinski definition) is 6. The van der Waals surface area contributed by atoms with Crippen LogP contribution in [0, 0.1) is 0 Å². The second kappa shape index (κ2) is 12.6. The lowest BCUT2D eigenvalue weighted by Crippen LogP contribution is -2.41. The molecule has 0 bridgehead atoms. The summed E-state index contributed by atoms with van der Waals surface area (Å²) in [6.45, 7) is 3.29. The third kappa shape index (κ3) is 8.05. The van der Waals surface area contributed by atoms with E-state index >= 15 is 0 Å². The molecule has 0 aliphatic carbocycles. The minimum absolute atomic E-state index is 0.0208. The molecule has 0 radical (unpaired) electrons. The molecule has 3 aromatic rings. The Labute approximate surface area is 229 Å². The van der Waals surface area contributed by atoms with Gasteiger partial charge < -0.3 is 9.73 Å². The van der Waals surface area contributed by atoms with Gasteiger partial charge in [-0.1, -0.05) is 40.9 Å². The van der Waals surface area contributed by atoms with Crippen LogP contribution in [-0.4, -0.2) is 36.8 Å². The number of hydrazone groups is 1. The second-order valence-electron chi connectivity index (χ2n) is 8.11. The van der Waals surface area contributed by atoms with Gasteiger partial charge in [0.05, 0.1) is 27.7 Å². The smallest absolute Gasteiger partial charge is 0.329 e. The first-order valence-electron chi connectivity index (χ1n) is 10.9. The van der Waals surface area contributed by atoms with Crippen LogP contribution in [0.2, 0.25) is 15.1 Å². The van der Waals surface area contributed by atoms with Gasteiger partial charge in [0.15, 0.2) is 0 Å². The molecule has 13 heteroatoms. The SMILES string of the molecule is CC(C)NC(=O)C(=O)N/N=C/c1ccc(CN(Cc2ccc(Cl)c(Cl)c2)S(=O)(=O)c2ccc(Cl)cc2)o1. The number of amides is 2. The summed E-state index contributed by atoms with van der Waals surface area (Å²) in [6.07, 6.45) is 1.20. The topological polar surface area (TPSA) is 121 Å². The Balaban J connectivity index is 1.80. The Morgan fingerprint density at radius 2 is 1.68 bits per heavy atom. The molecule has 3 rings (SSSR count). The number of benzene rings is 2. The first-order valence-corrected chi connectivity index (χ1v) is 13.5.